The minimum atomic E-state index is -0.927. The lowest BCUT2D eigenvalue weighted by atomic mass is 10.1. The van der Waals surface area contributed by atoms with Crippen molar-refractivity contribution in [1.29, 1.82) is 0 Å². The van der Waals surface area contributed by atoms with Crippen molar-refractivity contribution in [2.45, 2.75) is 98.7 Å². The lowest BCUT2D eigenvalue weighted by Crippen LogP contribution is -2.35. The Kier molecular flexibility index (Phi) is 26.5. The summed E-state index contributed by atoms with van der Waals surface area (Å²) < 4.78 is 39.0. The van der Waals surface area contributed by atoms with Crippen molar-refractivity contribution >= 4 is 27.8 Å². The molecule has 10 heteroatoms. The Morgan fingerprint density at radius 3 is 2.23 bits per heavy atom. The second-order valence-electron chi connectivity index (χ2n) is 10.6. The summed E-state index contributed by atoms with van der Waals surface area (Å²) in [5, 5.41) is 14.4. The monoisotopic (exact) mass is 723 g/mol. The normalized spacial score (nSPS) is 16.4. The molecule has 0 aliphatic carbocycles. The lowest BCUT2D eigenvalue weighted by Gasteiger charge is -2.23. The van der Waals surface area contributed by atoms with E-state index in [1.165, 1.54) is 11.6 Å². The van der Waals surface area contributed by atoms with E-state index in [1.807, 2.05) is 51.1 Å². The highest BCUT2D eigenvalue weighted by atomic mass is 79.9. The van der Waals surface area contributed by atoms with Crippen LogP contribution in [0.15, 0.2) is 82.5 Å². The summed E-state index contributed by atoms with van der Waals surface area (Å²) in [6.45, 7) is 14.4. The van der Waals surface area contributed by atoms with Gasteiger partial charge < -0.3 is 20.6 Å². The molecule has 0 spiro atoms. The van der Waals surface area contributed by atoms with Gasteiger partial charge in [0.1, 0.15) is 17.8 Å². The Bertz CT molecular complexity index is 1220. The van der Waals surface area contributed by atoms with E-state index >= 15 is 0 Å². The molecule has 1 fully saturated rings. The van der Waals surface area contributed by atoms with Gasteiger partial charge >= 0.3 is 5.97 Å². The van der Waals surface area contributed by atoms with Crippen LogP contribution < -0.4 is 10.6 Å². The minimum Gasteiger partial charge on any atom is -0.478 e. The molecule has 262 valence electrons. The third kappa shape index (κ3) is 20.9. The number of carbonyl (C=O) groups is 2. The summed E-state index contributed by atoms with van der Waals surface area (Å²) in [5.41, 5.74) is 3.11. The molecule has 47 heavy (non-hydrogen) atoms. The quantitative estimate of drug-likeness (QED) is 0.101. The van der Waals surface area contributed by atoms with Crippen LogP contribution in [0.5, 0.6) is 0 Å². The molecule has 2 atom stereocenters. The number of halogens is 4. The van der Waals surface area contributed by atoms with Gasteiger partial charge in [-0.25, -0.2) is 18.0 Å². The average molecular weight is 725 g/mol. The molecule has 1 aromatic rings. The van der Waals surface area contributed by atoms with Gasteiger partial charge in [0.2, 0.25) is 5.91 Å². The highest BCUT2D eigenvalue weighted by Gasteiger charge is 2.33. The number of amides is 1. The Balaban J connectivity index is 0. The van der Waals surface area contributed by atoms with Crippen molar-refractivity contribution in [3.05, 3.63) is 93.7 Å². The molecule has 0 saturated carbocycles. The van der Waals surface area contributed by atoms with Crippen LogP contribution in [0.2, 0.25) is 0 Å². The fraction of sp³-hybridized carbons (Fsp3) is 0.459. The number of alkyl halides is 2. The maximum absolute atomic E-state index is 13.2. The van der Waals surface area contributed by atoms with E-state index in [0.29, 0.717) is 23.4 Å². The zero-order chi connectivity index (χ0) is 36.4. The molecule has 1 amide bonds. The maximum Gasteiger partial charge on any atom is 0.335 e. The Morgan fingerprint density at radius 1 is 1.15 bits per heavy atom. The molecule has 2 rings (SSSR count). The zero-order valence-corrected chi connectivity index (χ0v) is 30.3. The Labute approximate surface area is 289 Å². The predicted octanol–water partition coefficient (Wildman–Crippen LogP) is 9.68. The molecular weight excluding hydrogens is 671 g/mol. The molecule has 0 radical (unpaired) electrons. The highest BCUT2D eigenvalue weighted by Crippen LogP contribution is 2.24. The first-order chi connectivity index (χ1) is 22.3. The van der Waals surface area contributed by atoms with Crippen molar-refractivity contribution < 1.29 is 27.9 Å². The number of aryl methyl sites for hydroxylation is 1. The fourth-order valence-electron chi connectivity index (χ4n) is 4.37. The summed E-state index contributed by atoms with van der Waals surface area (Å²) in [6, 6.07) is 7.01. The number of carboxylic acid groups (broad SMARTS) is 1. The number of nitrogens with zero attached hydrogens (tertiary/aromatic N) is 1. The van der Waals surface area contributed by atoms with Crippen LogP contribution in [0.25, 0.3) is 0 Å². The fourth-order valence-corrected chi connectivity index (χ4v) is 4.74. The van der Waals surface area contributed by atoms with E-state index in [4.69, 9.17) is 5.11 Å². The highest BCUT2D eigenvalue weighted by molar-refractivity contribution is 9.11. The SMILES string of the molecule is C#C.C/C=C\C(Br)=C(/C)NC(=CCCC)NCF.C=C(F)/C=C(\C)CC(=O)N1CC(F)CC1CC.CCCc1ccc(C(=O)O)cc1. The molecule has 1 aliphatic rings. The van der Waals surface area contributed by atoms with Crippen molar-refractivity contribution in [2.24, 2.45) is 0 Å². The molecule has 1 aliphatic heterocycles. The first-order valence-corrected chi connectivity index (χ1v) is 16.5. The van der Waals surface area contributed by atoms with E-state index in [0.717, 1.165) is 42.3 Å². The lowest BCUT2D eigenvalue weighted by molar-refractivity contribution is -0.131. The molecule has 3 N–H and O–H groups in total. The number of aromatic carboxylic acids is 1. The largest absolute Gasteiger partial charge is 0.478 e. The van der Waals surface area contributed by atoms with Gasteiger partial charge in [0.05, 0.1) is 12.1 Å². The van der Waals surface area contributed by atoms with Crippen LogP contribution in [0.3, 0.4) is 0 Å². The number of allylic oxidation sites excluding steroid dienone is 7. The summed E-state index contributed by atoms with van der Waals surface area (Å²) in [6.07, 6.45) is 19.5. The molecule has 2 unspecified atom stereocenters. The van der Waals surface area contributed by atoms with Gasteiger partial charge in [-0.1, -0.05) is 70.0 Å². The summed E-state index contributed by atoms with van der Waals surface area (Å²) >= 11 is 3.43. The van der Waals surface area contributed by atoms with Gasteiger partial charge in [-0.2, -0.15) is 0 Å². The molecule has 1 aromatic carbocycles. The van der Waals surface area contributed by atoms with E-state index < -0.39 is 24.8 Å². The second kappa shape index (κ2) is 27.4. The third-order valence-corrected chi connectivity index (χ3v) is 7.47. The van der Waals surface area contributed by atoms with Crippen molar-refractivity contribution in [1.82, 2.24) is 15.5 Å². The van der Waals surface area contributed by atoms with Gasteiger partial charge in [-0.3, -0.25) is 4.79 Å². The first kappa shape index (κ1) is 45.4. The van der Waals surface area contributed by atoms with E-state index in [1.54, 1.807) is 24.0 Å². The summed E-state index contributed by atoms with van der Waals surface area (Å²) in [4.78, 5) is 24.0. The van der Waals surface area contributed by atoms with Crippen LogP contribution in [0.4, 0.5) is 13.2 Å². The van der Waals surface area contributed by atoms with Gasteiger partial charge in [0.15, 0.2) is 6.80 Å². The second-order valence-corrected chi connectivity index (χ2v) is 11.5. The van der Waals surface area contributed by atoms with Crippen LogP contribution in [-0.2, 0) is 11.2 Å². The van der Waals surface area contributed by atoms with Gasteiger partial charge in [0.25, 0.3) is 0 Å². The van der Waals surface area contributed by atoms with Crippen LogP contribution >= 0.6 is 15.9 Å². The number of hydrogen-bond donors (Lipinski definition) is 3. The van der Waals surface area contributed by atoms with Gasteiger partial charge in [0, 0.05) is 29.1 Å². The predicted molar refractivity (Wildman–Crippen MR) is 193 cm³/mol. The smallest absolute Gasteiger partial charge is 0.335 e. The molecule has 0 bridgehead atoms. The number of benzene rings is 1. The maximum atomic E-state index is 13.2. The summed E-state index contributed by atoms with van der Waals surface area (Å²) in [5.74, 6) is -0.847. The number of terminal acetylenes is 1. The number of nitrogens with one attached hydrogen (secondary N) is 2. The van der Waals surface area contributed by atoms with E-state index in [2.05, 4.69) is 59.8 Å². The Morgan fingerprint density at radius 2 is 1.77 bits per heavy atom. The number of unbranched alkanes of at least 4 members (excludes halogenated alkanes) is 1. The number of rotatable bonds is 14. The van der Waals surface area contributed by atoms with E-state index in [-0.39, 0.29) is 24.9 Å². The van der Waals surface area contributed by atoms with Crippen LogP contribution in [-0.4, -0.2) is 47.4 Å². The first-order valence-electron chi connectivity index (χ1n) is 15.7. The average Bonchev–Trinajstić information content (AvgIpc) is 3.42. The molecule has 1 saturated heterocycles. The zero-order valence-electron chi connectivity index (χ0n) is 28.7. The van der Waals surface area contributed by atoms with Crippen molar-refractivity contribution in [3.8, 4) is 12.8 Å². The minimum absolute atomic E-state index is 0.0149. The third-order valence-electron chi connectivity index (χ3n) is 6.62. The topological polar surface area (TPSA) is 81.7 Å². The number of likely N-dealkylation sites (tertiary alicyclic amines) is 1. The number of carboxylic acids is 1. The van der Waals surface area contributed by atoms with Gasteiger partial charge in [-0.15, -0.1) is 12.8 Å². The molecular formula is C37H53BrF3N3O3. The number of carbonyl (C=O) groups excluding carboxylic acids is 1. The molecule has 0 aromatic heterocycles. The van der Waals surface area contributed by atoms with Crippen molar-refractivity contribution in [3.63, 3.8) is 0 Å². The van der Waals surface area contributed by atoms with Crippen molar-refractivity contribution in [2.75, 3.05) is 13.3 Å². The number of hydrogen-bond acceptors (Lipinski definition) is 4. The molecule has 1 heterocycles. The summed E-state index contributed by atoms with van der Waals surface area (Å²) in [7, 11) is 0. The van der Waals surface area contributed by atoms with Crippen LogP contribution in [0, 0.1) is 12.8 Å². The Hall–Kier alpha value is -3.71. The van der Waals surface area contributed by atoms with Crippen LogP contribution in [0.1, 0.15) is 96.0 Å². The van der Waals surface area contributed by atoms with E-state index in [9.17, 15) is 22.8 Å². The molecule has 6 nitrogen and oxygen atoms in total. The van der Waals surface area contributed by atoms with Gasteiger partial charge in [-0.05, 0) is 85.8 Å². The standard InChI is InChI=1S/C13H19F2NO.C12H20BrFN2.C10H12O2.C2H2/c1-4-12-7-11(15)8-16(12)13(17)6-9(2)5-10(3)14;1-4-6-8-12(15-9-14)16-10(3)11(13)7-5-2;1-2-3-8-4-6-9(7-5-8)10(11)12;1-2/h5,11-12H,3-4,6-8H2,1-2H3;5,7-8,15-16H,4,6,9H2,1-3H3;4-7H,2-3H2,1H3,(H,11,12);1-2H/b9-5+;7-5-,11-10-,12-8?;;.